The van der Waals surface area contributed by atoms with Crippen molar-refractivity contribution in [3.8, 4) is 5.88 Å². The first kappa shape index (κ1) is 20.3. The van der Waals surface area contributed by atoms with Crippen molar-refractivity contribution in [2.24, 2.45) is 0 Å². The quantitative estimate of drug-likeness (QED) is 0.421. The van der Waals surface area contributed by atoms with Gasteiger partial charge in [0.2, 0.25) is 0 Å². The van der Waals surface area contributed by atoms with Crippen molar-refractivity contribution in [3.63, 3.8) is 0 Å². The first-order chi connectivity index (χ1) is 11.5. The number of aromatic nitrogens is 1. The smallest absolute Gasteiger partial charge is 0.259 e. The summed E-state index contributed by atoms with van der Waals surface area (Å²) in [6.45, 7) is 13.4. The summed E-state index contributed by atoms with van der Waals surface area (Å²) in [7, 11) is 0. The summed E-state index contributed by atoms with van der Waals surface area (Å²) >= 11 is 0. The lowest BCUT2D eigenvalue weighted by Gasteiger charge is -2.14. The Balaban J connectivity index is 2.38. The van der Waals surface area contributed by atoms with E-state index in [1.165, 1.54) is 55.9 Å². The maximum Gasteiger partial charge on any atom is 0.259 e. The minimum atomic E-state index is -0.360. The largest absolute Gasteiger partial charge is 0.494 e. The summed E-state index contributed by atoms with van der Waals surface area (Å²) < 4.78 is 1.36. The van der Waals surface area contributed by atoms with Crippen LogP contribution in [0.2, 0.25) is 0 Å². The molecule has 0 bridgehead atoms. The fourth-order valence-electron chi connectivity index (χ4n) is 3.03. The highest BCUT2D eigenvalue weighted by Crippen LogP contribution is 2.25. The summed E-state index contributed by atoms with van der Waals surface area (Å²) in [6.07, 6.45) is 12.3. The summed E-state index contributed by atoms with van der Waals surface area (Å²) in [6, 6.07) is 0. The maximum atomic E-state index is 12.3. The van der Waals surface area contributed by atoms with Crippen LogP contribution < -0.4 is 5.56 Å². The molecule has 0 radical (unpaired) electrons. The van der Waals surface area contributed by atoms with E-state index in [0.29, 0.717) is 17.7 Å². The van der Waals surface area contributed by atoms with Crippen LogP contribution in [0.3, 0.4) is 0 Å². The molecule has 0 aliphatic heterocycles. The van der Waals surface area contributed by atoms with E-state index in [4.69, 9.17) is 6.57 Å². The van der Waals surface area contributed by atoms with Crippen molar-refractivity contribution >= 4 is 5.69 Å². The average molecular weight is 332 g/mol. The van der Waals surface area contributed by atoms with Crippen molar-refractivity contribution in [2.75, 3.05) is 0 Å². The molecule has 1 aromatic heterocycles. The maximum absolute atomic E-state index is 12.3. The Labute approximate surface area is 146 Å². The molecular formula is C20H32N2O2. The molecular weight excluding hydrogens is 300 g/mol. The summed E-state index contributed by atoms with van der Waals surface area (Å²) in [5, 5.41) is 10.2. The lowest BCUT2D eigenvalue weighted by molar-refractivity contribution is 0.394. The molecule has 0 atom stereocenters. The summed E-state index contributed by atoms with van der Waals surface area (Å²) in [5.41, 5.74) is 0.999. The molecule has 0 unspecified atom stereocenters. The minimum absolute atomic E-state index is 0.0147. The number of nitrogens with zero attached hydrogens (tertiary/aromatic N) is 2. The van der Waals surface area contributed by atoms with Gasteiger partial charge in [0.15, 0.2) is 5.88 Å². The van der Waals surface area contributed by atoms with Crippen LogP contribution in [-0.4, -0.2) is 9.67 Å². The van der Waals surface area contributed by atoms with Gasteiger partial charge in [0.1, 0.15) is 0 Å². The lowest BCUT2D eigenvalue weighted by Crippen LogP contribution is -2.21. The van der Waals surface area contributed by atoms with Gasteiger partial charge in [-0.3, -0.25) is 9.36 Å². The first-order valence-corrected chi connectivity index (χ1v) is 9.35. The third kappa shape index (κ3) is 5.70. The van der Waals surface area contributed by atoms with Gasteiger partial charge in [-0.15, -0.1) is 0 Å². The Morgan fingerprint density at radius 2 is 1.42 bits per heavy atom. The van der Waals surface area contributed by atoms with Gasteiger partial charge < -0.3 is 5.11 Å². The van der Waals surface area contributed by atoms with Crippen molar-refractivity contribution in [1.82, 2.24) is 4.57 Å². The molecule has 0 fully saturated rings. The molecule has 1 rings (SSSR count). The molecule has 0 aliphatic carbocycles. The SMILES string of the molecule is [C-]#[N+]c1c(C)c(C)c(O)n(CCCCCCCCCCCC)c1=O. The molecule has 1 aromatic rings. The average Bonchev–Trinajstić information content (AvgIpc) is 2.58. The number of aromatic hydroxyl groups is 1. The van der Waals surface area contributed by atoms with Crippen LogP contribution >= 0.6 is 0 Å². The number of hydrogen-bond acceptors (Lipinski definition) is 2. The standard InChI is InChI=1S/C20H32N2O2/c1-5-6-7-8-9-10-11-12-13-14-15-22-19(23)17(3)16(2)18(21-4)20(22)24/h23H,5-15H2,1-3H3. The normalized spacial score (nSPS) is 10.8. The highest BCUT2D eigenvalue weighted by Gasteiger charge is 2.15. The second-order valence-electron chi connectivity index (χ2n) is 6.67. The minimum Gasteiger partial charge on any atom is -0.494 e. The molecule has 1 heterocycles. The lowest BCUT2D eigenvalue weighted by atomic mass is 10.1. The zero-order valence-corrected chi connectivity index (χ0v) is 15.5. The predicted octanol–water partition coefficient (Wildman–Crippen LogP) is 5.64. The van der Waals surface area contributed by atoms with E-state index in [-0.39, 0.29) is 17.1 Å². The van der Waals surface area contributed by atoms with Gasteiger partial charge in [0, 0.05) is 12.1 Å². The van der Waals surface area contributed by atoms with Crippen LogP contribution in [0.25, 0.3) is 4.85 Å². The van der Waals surface area contributed by atoms with Crippen LogP contribution in [0.15, 0.2) is 4.79 Å². The molecule has 24 heavy (non-hydrogen) atoms. The van der Waals surface area contributed by atoms with Crippen molar-refractivity contribution in [2.45, 2.75) is 91.5 Å². The van der Waals surface area contributed by atoms with Gasteiger partial charge in [-0.2, -0.15) is 0 Å². The zero-order valence-electron chi connectivity index (χ0n) is 15.5. The van der Waals surface area contributed by atoms with E-state index >= 15 is 0 Å². The number of unbranched alkanes of at least 4 members (excludes halogenated alkanes) is 9. The Kier molecular flexibility index (Phi) is 9.22. The topological polar surface area (TPSA) is 46.6 Å². The van der Waals surface area contributed by atoms with Crippen LogP contribution in [0.4, 0.5) is 5.69 Å². The van der Waals surface area contributed by atoms with Crippen LogP contribution in [-0.2, 0) is 6.54 Å². The summed E-state index contributed by atoms with van der Waals surface area (Å²) in [4.78, 5) is 15.6. The van der Waals surface area contributed by atoms with E-state index in [1.54, 1.807) is 13.8 Å². The third-order valence-electron chi connectivity index (χ3n) is 4.80. The van der Waals surface area contributed by atoms with Crippen LogP contribution in [0, 0.1) is 20.4 Å². The monoisotopic (exact) mass is 332 g/mol. The van der Waals surface area contributed by atoms with E-state index in [0.717, 1.165) is 12.8 Å². The number of hydrogen-bond donors (Lipinski definition) is 1. The van der Waals surface area contributed by atoms with Gasteiger partial charge in [-0.05, 0) is 25.8 Å². The van der Waals surface area contributed by atoms with Crippen molar-refractivity contribution in [3.05, 3.63) is 32.9 Å². The molecule has 0 aliphatic rings. The molecule has 0 spiro atoms. The van der Waals surface area contributed by atoms with E-state index < -0.39 is 0 Å². The third-order valence-corrected chi connectivity index (χ3v) is 4.80. The van der Waals surface area contributed by atoms with Gasteiger partial charge in [0.25, 0.3) is 11.2 Å². The molecule has 0 amide bonds. The van der Waals surface area contributed by atoms with Crippen LogP contribution in [0.1, 0.15) is 82.3 Å². The molecule has 134 valence electrons. The van der Waals surface area contributed by atoms with Gasteiger partial charge in [-0.25, -0.2) is 4.85 Å². The number of pyridine rings is 1. The molecule has 0 saturated heterocycles. The zero-order chi connectivity index (χ0) is 17.9. The van der Waals surface area contributed by atoms with Crippen LogP contribution in [0.5, 0.6) is 5.88 Å². The Bertz CT molecular complexity index is 612. The highest BCUT2D eigenvalue weighted by molar-refractivity contribution is 5.55. The Morgan fingerprint density at radius 3 is 1.92 bits per heavy atom. The first-order valence-electron chi connectivity index (χ1n) is 9.35. The highest BCUT2D eigenvalue weighted by atomic mass is 16.3. The molecule has 0 aromatic carbocycles. The second kappa shape index (κ2) is 10.9. The van der Waals surface area contributed by atoms with E-state index in [2.05, 4.69) is 11.8 Å². The van der Waals surface area contributed by atoms with Gasteiger partial charge in [0.05, 0.1) is 6.57 Å². The van der Waals surface area contributed by atoms with Gasteiger partial charge >= 0.3 is 0 Å². The fourth-order valence-corrected chi connectivity index (χ4v) is 3.03. The van der Waals surface area contributed by atoms with E-state index in [1.807, 2.05) is 0 Å². The second-order valence-corrected chi connectivity index (χ2v) is 6.67. The Hall–Kier alpha value is -1.76. The fraction of sp³-hybridized carbons (Fsp3) is 0.700. The molecule has 4 heteroatoms. The van der Waals surface area contributed by atoms with E-state index in [9.17, 15) is 9.90 Å². The van der Waals surface area contributed by atoms with Crippen molar-refractivity contribution < 1.29 is 5.11 Å². The summed E-state index contributed by atoms with van der Waals surface area (Å²) in [5.74, 6) is 0.0147. The molecule has 0 saturated carbocycles. The number of rotatable bonds is 11. The predicted molar refractivity (Wildman–Crippen MR) is 99.9 cm³/mol. The Morgan fingerprint density at radius 1 is 0.917 bits per heavy atom. The molecule has 4 nitrogen and oxygen atoms in total. The molecule has 1 N–H and O–H groups in total. The van der Waals surface area contributed by atoms with Crippen molar-refractivity contribution in [1.29, 1.82) is 0 Å². The van der Waals surface area contributed by atoms with Gasteiger partial charge in [-0.1, -0.05) is 64.7 Å².